The number of hydrogen-bond acceptors (Lipinski definition) is 6. The van der Waals surface area contributed by atoms with Gasteiger partial charge in [0.25, 0.3) is 0 Å². The Hall–Kier alpha value is -0.900. The molecular weight excluding hydrogens is 332 g/mol. The predicted molar refractivity (Wildman–Crippen MR) is 98.5 cm³/mol. The summed E-state index contributed by atoms with van der Waals surface area (Å²) in [6.45, 7) is 7.38. The molecule has 0 spiro atoms. The van der Waals surface area contributed by atoms with Gasteiger partial charge in [-0.15, -0.1) is 0 Å². The monoisotopic (exact) mass is 366 g/mol. The van der Waals surface area contributed by atoms with Gasteiger partial charge in [-0.1, -0.05) is 0 Å². The van der Waals surface area contributed by atoms with Crippen LogP contribution in [0, 0.1) is 0 Å². The van der Waals surface area contributed by atoms with E-state index in [0.29, 0.717) is 19.7 Å². The lowest BCUT2D eigenvalue weighted by molar-refractivity contribution is 0.154. The maximum atomic E-state index is 11.0. The van der Waals surface area contributed by atoms with E-state index in [1.165, 1.54) is 6.26 Å². The molecule has 0 aromatic carbocycles. The third-order valence-electron chi connectivity index (χ3n) is 3.12. The minimum atomic E-state index is -2.96. The predicted octanol–water partition coefficient (Wildman–Crippen LogP) is -0.429. The molecular formula is C15H34N4O4S. The Kier molecular flexibility index (Phi) is 13.9. The number of nitrogens with zero attached hydrogens (tertiary/aromatic N) is 2. The van der Waals surface area contributed by atoms with Crippen LogP contribution < -0.4 is 10.6 Å². The molecule has 0 amide bonds. The molecule has 0 aliphatic carbocycles. The second kappa shape index (κ2) is 14.4. The van der Waals surface area contributed by atoms with Gasteiger partial charge in [0.15, 0.2) is 5.96 Å². The summed E-state index contributed by atoms with van der Waals surface area (Å²) in [5, 5.41) is 6.34. The third kappa shape index (κ3) is 16.0. The lowest BCUT2D eigenvalue weighted by Gasteiger charge is -2.16. The molecule has 0 heterocycles. The largest absolute Gasteiger partial charge is 0.385 e. The van der Waals surface area contributed by atoms with Crippen molar-refractivity contribution in [3.63, 3.8) is 0 Å². The van der Waals surface area contributed by atoms with Crippen molar-refractivity contribution in [2.24, 2.45) is 4.99 Å². The average Bonchev–Trinajstić information content (AvgIpc) is 2.50. The van der Waals surface area contributed by atoms with Gasteiger partial charge in [-0.05, 0) is 20.4 Å². The lowest BCUT2D eigenvalue weighted by atomic mass is 10.4. The smallest absolute Gasteiger partial charge is 0.191 e. The van der Waals surface area contributed by atoms with Crippen LogP contribution in [0.2, 0.25) is 0 Å². The molecule has 8 nitrogen and oxygen atoms in total. The van der Waals surface area contributed by atoms with E-state index >= 15 is 0 Å². The van der Waals surface area contributed by atoms with Crippen LogP contribution >= 0.6 is 0 Å². The van der Waals surface area contributed by atoms with Crippen molar-refractivity contribution >= 4 is 15.8 Å². The summed E-state index contributed by atoms with van der Waals surface area (Å²) in [4.78, 5) is 6.73. The van der Waals surface area contributed by atoms with E-state index in [1.54, 1.807) is 7.11 Å². The van der Waals surface area contributed by atoms with E-state index in [2.05, 4.69) is 27.6 Å². The van der Waals surface area contributed by atoms with Gasteiger partial charge in [-0.3, -0.25) is 4.99 Å². The Bertz CT molecular complexity index is 429. The summed E-state index contributed by atoms with van der Waals surface area (Å²) in [6.07, 6.45) is 2.22. The first-order valence-electron chi connectivity index (χ1n) is 8.34. The van der Waals surface area contributed by atoms with Crippen LogP contribution in [-0.2, 0) is 19.3 Å². The number of rotatable bonds is 14. The Morgan fingerprint density at radius 2 is 1.92 bits per heavy atom. The van der Waals surface area contributed by atoms with Crippen molar-refractivity contribution in [3.8, 4) is 0 Å². The standard InChI is InChI=1S/C15H34N4O4S/c1-5-16-15(17-7-10-19(2)9-6-11-22-3)18-8-12-23-13-14-24(4,20)21/h5-14H2,1-4H3,(H2,16,17,18). The molecule has 0 aromatic heterocycles. The highest BCUT2D eigenvalue weighted by Gasteiger charge is 2.02. The number of ether oxygens (including phenoxy) is 2. The molecule has 0 saturated heterocycles. The molecule has 0 aliphatic rings. The van der Waals surface area contributed by atoms with Crippen molar-refractivity contribution in [2.45, 2.75) is 13.3 Å². The molecule has 0 aromatic rings. The van der Waals surface area contributed by atoms with E-state index in [1.807, 2.05) is 6.92 Å². The number of nitrogens with one attached hydrogen (secondary N) is 2. The maximum Gasteiger partial charge on any atom is 0.191 e. The number of aliphatic imine (C=N–C) groups is 1. The summed E-state index contributed by atoms with van der Waals surface area (Å²) in [7, 11) is 0.823. The van der Waals surface area contributed by atoms with Crippen LogP contribution in [0.1, 0.15) is 13.3 Å². The van der Waals surface area contributed by atoms with Crippen LogP contribution in [0.4, 0.5) is 0 Å². The molecule has 24 heavy (non-hydrogen) atoms. The lowest BCUT2D eigenvalue weighted by Crippen LogP contribution is -2.39. The summed E-state index contributed by atoms with van der Waals surface area (Å²) in [5.41, 5.74) is 0. The number of hydrogen-bond donors (Lipinski definition) is 2. The van der Waals surface area contributed by atoms with Gasteiger partial charge in [-0.2, -0.15) is 0 Å². The number of sulfone groups is 1. The molecule has 0 bridgehead atoms. The molecule has 0 rings (SSSR count). The molecule has 0 fully saturated rings. The zero-order chi connectivity index (χ0) is 18.3. The van der Waals surface area contributed by atoms with Gasteiger partial charge in [0.05, 0.1) is 25.5 Å². The maximum absolute atomic E-state index is 11.0. The second-order valence-corrected chi connectivity index (χ2v) is 7.84. The summed E-state index contributed by atoms with van der Waals surface area (Å²) in [5.74, 6) is 0.797. The molecule has 144 valence electrons. The van der Waals surface area contributed by atoms with Gasteiger partial charge in [0, 0.05) is 46.2 Å². The number of guanidine groups is 1. The molecule has 0 unspecified atom stereocenters. The van der Waals surface area contributed by atoms with Gasteiger partial charge in [-0.25, -0.2) is 8.42 Å². The van der Waals surface area contributed by atoms with E-state index in [4.69, 9.17) is 9.47 Å². The Labute approximate surface area is 146 Å². The highest BCUT2D eigenvalue weighted by atomic mass is 32.2. The first-order chi connectivity index (χ1) is 11.4. The van der Waals surface area contributed by atoms with Crippen molar-refractivity contribution in [1.82, 2.24) is 15.5 Å². The molecule has 0 aliphatic heterocycles. The first kappa shape index (κ1) is 23.1. The Balaban J connectivity index is 3.89. The molecule has 0 atom stereocenters. The summed E-state index contributed by atoms with van der Waals surface area (Å²) < 4.78 is 32.3. The Morgan fingerprint density at radius 1 is 1.17 bits per heavy atom. The first-order valence-corrected chi connectivity index (χ1v) is 10.4. The van der Waals surface area contributed by atoms with Gasteiger partial charge in [0.1, 0.15) is 9.84 Å². The fourth-order valence-electron chi connectivity index (χ4n) is 1.82. The highest BCUT2D eigenvalue weighted by Crippen LogP contribution is 1.88. The van der Waals surface area contributed by atoms with Gasteiger partial charge >= 0.3 is 0 Å². The minimum absolute atomic E-state index is 0.0521. The van der Waals surface area contributed by atoms with Crippen molar-refractivity contribution < 1.29 is 17.9 Å². The zero-order valence-electron chi connectivity index (χ0n) is 15.5. The fourth-order valence-corrected chi connectivity index (χ4v) is 2.24. The van der Waals surface area contributed by atoms with E-state index in [0.717, 1.165) is 38.6 Å². The topological polar surface area (TPSA) is 92.3 Å². The average molecular weight is 367 g/mol. The van der Waals surface area contributed by atoms with Gasteiger partial charge < -0.3 is 25.0 Å². The van der Waals surface area contributed by atoms with Crippen LogP contribution in [0.15, 0.2) is 4.99 Å². The minimum Gasteiger partial charge on any atom is -0.385 e. The fraction of sp³-hybridized carbons (Fsp3) is 0.933. The molecule has 9 heteroatoms. The summed E-state index contributed by atoms with van der Waals surface area (Å²) in [6, 6.07) is 0. The third-order valence-corrected chi connectivity index (χ3v) is 4.03. The zero-order valence-corrected chi connectivity index (χ0v) is 16.3. The van der Waals surface area contributed by atoms with Gasteiger partial charge in [0.2, 0.25) is 0 Å². The van der Waals surface area contributed by atoms with Crippen LogP contribution in [0.25, 0.3) is 0 Å². The normalized spacial score (nSPS) is 12.6. The van der Waals surface area contributed by atoms with Crippen LogP contribution in [-0.4, -0.2) is 98.0 Å². The molecule has 0 saturated carbocycles. The molecule has 0 radical (unpaired) electrons. The van der Waals surface area contributed by atoms with Crippen molar-refractivity contribution in [2.75, 3.05) is 78.7 Å². The highest BCUT2D eigenvalue weighted by molar-refractivity contribution is 7.90. The van der Waals surface area contributed by atoms with E-state index < -0.39 is 9.84 Å². The van der Waals surface area contributed by atoms with Crippen LogP contribution in [0.5, 0.6) is 0 Å². The second-order valence-electron chi connectivity index (χ2n) is 5.58. The molecule has 2 N–H and O–H groups in total. The quantitative estimate of drug-likeness (QED) is 0.245. The van der Waals surface area contributed by atoms with Crippen molar-refractivity contribution in [1.29, 1.82) is 0 Å². The van der Waals surface area contributed by atoms with Crippen LogP contribution in [0.3, 0.4) is 0 Å². The summed E-state index contributed by atoms with van der Waals surface area (Å²) >= 11 is 0. The van der Waals surface area contributed by atoms with Crippen molar-refractivity contribution in [3.05, 3.63) is 0 Å². The Morgan fingerprint density at radius 3 is 2.54 bits per heavy atom. The van der Waals surface area contributed by atoms with E-state index in [-0.39, 0.29) is 12.4 Å². The number of likely N-dealkylation sites (N-methyl/N-ethyl adjacent to an activating group) is 1. The number of methoxy groups -OCH3 is 1. The SMILES string of the molecule is CCNC(=NCCN(C)CCCOC)NCCOCCS(C)(=O)=O. The van der Waals surface area contributed by atoms with E-state index in [9.17, 15) is 8.42 Å².